The Balaban J connectivity index is 2.40. The molecule has 0 aliphatic carbocycles. The molecule has 1 atom stereocenters. The van der Waals surface area contributed by atoms with E-state index in [2.05, 4.69) is 10.3 Å². The van der Waals surface area contributed by atoms with Crippen LogP contribution in [0.15, 0.2) is 30.5 Å². The lowest BCUT2D eigenvalue weighted by molar-refractivity contribution is -0.107. The Labute approximate surface area is 150 Å². The standard InChI is InChI=1S/C18H19ClFN3O2/c1-2-14(22-8-3-9-24)12-5-6-13(19)16(17(12)20)18(25)11-4-7-15(21)23-10-11/h4-7,9-10,14,22H,2-3,8H2,1H3,(H2,21,23)/t14-/m1/s1. The summed E-state index contributed by atoms with van der Waals surface area (Å²) in [6.07, 6.45) is 3.00. The molecule has 1 aromatic heterocycles. The minimum atomic E-state index is -0.667. The molecule has 0 amide bonds. The highest BCUT2D eigenvalue weighted by Gasteiger charge is 2.24. The summed E-state index contributed by atoms with van der Waals surface area (Å²) >= 11 is 6.08. The van der Waals surface area contributed by atoms with E-state index in [1.165, 1.54) is 24.4 Å². The van der Waals surface area contributed by atoms with Gasteiger partial charge in [0.2, 0.25) is 0 Å². The number of carbonyl (C=O) groups is 2. The van der Waals surface area contributed by atoms with Crippen molar-refractivity contribution in [3.8, 4) is 0 Å². The maximum Gasteiger partial charge on any atom is 0.199 e. The van der Waals surface area contributed by atoms with Gasteiger partial charge in [0.1, 0.15) is 17.9 Å². The van der Waals surface area contributed by atoms with Crippen LogP contribution in [-0.2, 0) is 4.79 Å². The Bertz CT molecular complexity index is 766. The first-order chi connectivity index (χ1) is 12.0. The second-order valence-corrected chi connectivity index (χ2v) is 5.90. The van der Waals surface area contributed by atoms with E-state index in [0.29, 0.717) is 24.9 Å². The first-order valence-electron chi connectivity index (χ1n) is 7.90. The summed E-state index contributed by atoms with van der Waals surface area (Å²) in [5.41, 5.74) is 5.86. The summed E-state index contributed by atoms with van der Waals surface area (Å²) in [7, 11) is 0. The largest absolute Gasteiger partial charge is 0.384 e. The van der Waals surface area contributed by atoms with Crippen LogP contribution in [0.2, 0.25) is 5.02 Å². The molecule has 7 heteroatoms. The van der Waals surface area contributed by atoms with E-state index in [4.69, 9.17) is 17.3 Å². The average Bonchev–Trinajstić information content (AvgIpc) is 2.60. The number of pyridine rings is 1. The molecule has 5 nitrogen and oxygen atoms in total. The van der Waals surface area contributed by atoms with Crippen molar-refractivity contribution >= 4 is 29.5 Å². The number of hydrogen-bond acceptors (Lipinski definition) is 5. The zero-order valence-electron chi connectivity index (χ0n) is 13.8. The molecule has 0 radical (unpaired) electrons. The van der Waals surface area contributed by atoms with Crippen molar-refractivity contribution in [1.29, 1.82) is 0 Å². The molecule has 2 rings (SSSR count). The van der Waals surface area contributed by atoms with Crippen LogP contribution in [0, 0.1) is 5.82 Å². The van der Waals surface area contributed by atoms with E-state index in [1.807, 2.05) is 6.92 Å². The molecule has 0 saturated carbocycles. The van der Waals surface area contributed by atoms with Crippen LogP contribution < -0.4 is 11.1 Å². The summed E-state index contributed by atoms with van der Waals surface area (Å²) in [5.74, 6) is -0.957. The molecular weight excluding hydrogens is 345 g/mol. The number of carbonyl (C=O) groups excluding carboxylic acids is 2. The Kier molecular flexibility index (Phi) is 6.61. The number of aldehydes is 1. The molecule has 0 saturated heterocycles. The maximum absolute atomic E-state index is 15.0. The summed E-state index contributed by atoms with van der Waals surface area (Å²) in [5, 5.41) is 3.14. The van der Waals surface area contributed by atoms with Gasteiger partial charge in [0.15, 0.2) is 5.78 Å². The predicted octanol–water partition coefficient (Wildman–Crippen LogP) is 3.32. The number of nitrogens with one attached hydrogen (secondary N) is 1. The van der Waals surface area contributed by atoms with Gasteiger partial charge in [0.05, 0.1) is 10.6 Å². The van der Waals surface area contributed by atoms with Gasteiger partial charge in [0, 0.05) is 36.3 Å². The lowest BCUT2D eigenvalue weighted by Crippen LogP contribution is -2.24. The number of halogens is 2. The Hall–Kier alpha value is -2.31. The first-order valence-corrected chi connectivity index (χ1v) is 8.28. The van der Waals surface area contributed by atoms with Gasteiger partial charge < -0.3 is 15.8 Å². The lowest BCUT2D eigenvalue weighted by atomic mass is 9.96. The monoisotopic (exact) mass is 363 g/mol. The highest BCUT2D eigenvalue weighted by Crippen LogP contribution is 2.29. The summed E-state index contributed by atoms with van der Waals surface area (Å²) < 4.78 is 15.0. The number of ketones is 1. The molecule has 0 unspecified atom stereocenters. The van der Waals surface area contributed by atoms with Crippen LogP contribution in [-0.4, -0.2) is 23.6 Å². The van der Waals surface area contributed by atoms with E-state index in [9.17, 15) is 9.59 Å². The molecule has 1 heterocycles. The molecule has 0 fully saturated rings. The van der Waals surface area contributed by atoms with Crippen LogP contribution in [0.5, 0.6) is 0 Å². The van der Waals surface area contributed by atoms with Gasteiger partial charge in [-0.15, -0.1) is 0 Å². The SMILES string of the molecule is CC[C@@H](NCCC=O)c1ccc(Cl)c(C(=O)c2ccc(N)nc2)c1F. The van der Waals surface area contributed by atoms with Crippen LogP contribution in [0.3, 0.4) is 0 Å². The fourth-order valence-corrected chi connectivity index (χ4v) is 2.75. The highest BCUT2D eigenvalue weighted by atomic mass is 35.5. The normalized spacial score (nSPS) is 12.0. The number of benzene rings is 1. The number of nitrogen functional groups attached to an aromatic ring is 1. The smallest absolute Gasteiger partial charge is 0.199 e. The molecule has 2 aromatic rings. The third kappa shape index (κ3) is 4.41. The van der Waals surface area contributed by atoms with E-state index in [0.717, 1.165) is 6.29 Å². The Morgan fingerprint density at radius 1 is 1.40 bits per heavy atom. The van der Waals surface area contributed by atoms with Crippen molar-refractivity contribution in [1.82, 2.24) is 10.3 Å². The molecule has 0 aliphatic rings. The lowest BCUT2D eigenvalue weighted by Gasteiger charge is -2.19. The molecule has 1 aromatic carbocycles. The van der Waals surface area contributed by atoms with E-state index in [-0.39, 0.29) is 28.0 Å². The second-order valence-electron chi connectivity index (χ2n) is 5.50. The highest BCUT2D eigenvalue weighted by molar-refractivity contribution is 6.35. The first kappa shape index (κ1) is 19.0. The van der Waals surface area contributed by atoms with Crippen molar-refractivity contribution in [2.24, 2.45) is 0 Å². The van der Waals surface area contributed by atoms with Gasteiger partial charge in [-0.3, -0.25) is 4.79 Å². The molecular formula is C18H19ClFN3O2. The van der Waals surface area contributed by atoms with Gasteiger partial charge in [-0.2, -0.15) is 0 Å². The van der Waals surface area contributed by atoms with Crippen molar-refractivity contribution < 1.29 is 14.0 Å². The summed E-state index contributed by atoms with van der Waals surface area (Å²) in [6, 6.07) is 5.68. The number of rotatable bonds is 8. The van der Waals surface area contributed by atoms with E-state index >= 15 is 4.39 Å². The average molecular weight is 364 g/mol. The van der Waals surface area contributed by atoms with E-state index in [1.54, 1.807) is 6.07 Å². The molecule has 0 bridgehead atoms. The zero-order chi connectivity index (χ0) is 18.4. The number of anilines is 1. The van der Waals surface area contributed by atoms with Crippen LogP contribution >= 0.6 is 11.6 Å². The van der Waals surface area contributed by atoms with Gasteiger partial charge in [-0.1, -0.05) is 24.6 Å². The Morgan fingerprint density at radius 2 is 2.16 bits per heavy atom. The Morgan fingerprint density at radius 3 is 2.76 bits per heavy atom. The number of aromatic nitrogens is 1. The second kappa shape index (κ2) is 8.69. The quantitative estimate of drug-likeness (QED) is 0.427. The molecule has 0 spiro atoms. The molecule has 132 valence electrons. The fraction of sp³-hybridized carbons (Fsp3) is 0.278. The van der Waals surface area contributed by atoms with Gasteiger partial charge in [-0.25, -0.2) is 9.37 Å². The fourth-order valence-electron chi connectivity index (χ4n) is 2.52. The minimum Gasteiger partial charge on any atom is -0.384 e. The number of nitrogens with zero attached hydrogens (tertiary/aromatic N) is 1. The van der Waals surface area contributed by atoms with Crippen LogP contribution in [0.4, 0.5) is 10.2 Å². The molecule has 25 heavy (non-hydrogen) atoms. The van der Waals surface area contributed by atoms with Crippen molar-refractivity contribution in [3.63, 3.8) is 0 Å². The zero-order valence-corrected chi connectivity index (χ0v) is 14.5. The predicted molar refractivity (Wildman–Crippen MR) is 95.2 cm³/mol. The summed E-state index contributed by atoms with van der Waals surface area (Å²) in [4.78, 5) is 27.0. The van der Waals surface area contributed by atoms with Crippen LogP contribution in [0.1, 0.15) is 47.3 Å². The summed E-state index contributed by atoms with van der Waals surface area (Å²) in [6.45, 7) is 2.31. The number of hydrogen-bond donors (Lipinski definition) is 2. The third-order valence-corrected chi connectivity index (χ3v) is 4.15. The van der Waals surface area contributed by atoms with Gasteiger partial charge >= 0.3 is 0 Å². The third-order valence-electron chi connectivity index (χ3n) is 3.83. The van der Waals surface area contributed by atoms with Gasteiger partial charge in [-0.05, 0) is 24.6 Å². The maximum atomic E-state index is 15.0. The molecule has 0 aliphatic heterocycles. The van der Waals surface area contributed by atoms with Crippen LogP contribution in [0.25, 0.3) is 0 Å². The van der Waals surface area contributed by atoms with Crippen molar-refractivity contribution in [2.45, 2.75) is 25.8 Å². The minimum absolute atomic E-state index is 0.0332. The van der Waals surface area contributed by atoms with E-state index < -0.39 is 11.6 Å². The molecule has 3 N–H and O–H groups in total. The topological polar surface area (TPSA) is 85.1 Å². The van der Waals surface area contributed by atoms with Gasteiger partial charge in [0.25, 0.3) is 0 Å². The number of nitrogens with two attached hydrogens (primary N) is 1. The van der Waals surface area contributed by atoms with Crippen molar-refractivity contribution in [3.05, 3.63) is 58.0 Å². The van der Waals surface area contributed by atoms with Crippen molar-refractivity contribution in [2.75, 3.05) is 12.3 Å².